The van der Waals surface area contributed by atoms with Crippen molar-refractivity contribution in [3.05, 3.63) is 77.4 Å². The van der Waals surface area contributed by atoms with Gasteiger partial charge in [-0.1, -0.05) is 36.4 Å². The summed E-state index contributed by atoms with van der Waals surface area (Å²) in [6, 6.07) is 14.2. The van der Waals surface area contributed by atoms with Crippen LogP contribution < -0.4 is 10.7 Å². The first-order valence-electron chi connectivity index (χ1n) is 9.16. The predicted molar refractivity (Wildman–Crippen MR) is 114 cm³/mol. The Morgan fingerprint density at radius 1 is 1.16 bits per heavy atom. The summed E-state index contributed by atoms with van der Waals surface area (Å²) in [7, 11) is 0. The zero-order valence-corrected chi connectivity index (χ0v) is 16.7. The fourth-order valence-corrected chi connectivity index (χ4v) is 3.65. The van der Waals surface area contributed by atoms with E-state index in [1.807, 2.05) is 46.3 Å². The van der Waals surface area contributed by atoms with Gasteiger partial charge in [0.05, 0.1) is 29.7 Å². The number of anilines is 1. The smallest absolute Gasteiger partial charge is 0.376 e. The number of hydrogen-bond acceptors (Lipinski definition) is 5. The molecular formula is C21H16F3N5OS. The van der Waals surface area contributed by atoms with Crippen molar-refractivity contribution in [2.75, 3.05) is 11.9 Å². The first kappa shape index (κ1) is 20.6. The molecule has 10 heteroatoms. The normalized spacial score (nSPS) is 11.8. The number of alkyl halides is 3. The number of carbonyl (C=O) groups excluding carboxylic acids is 1. The Kier molecular flexibility index (Phi) is 5.72. The van der Waals surface area contributed by atoms with Crippen molar-refractivity contribution in [1.82, 2.24) is 14.8 Å². The van der Waals surface area contributed by atoms with Crippen LogP contribution in [-0.4, -0.2) is 28.1 Å². The number of fused-ring (bicyclic) bond motifs is 1. The average Bonchev–Trinajstić information content (AvgIpc) is 3.35. The summed E-state index contributed by atoms with van der Waals surface area (Å²) in [4.78, 5) is 17.5. The van der Waals surface area contributed by atoms with Gasteiger partial charge in [-0.2, -0.15) is 18.3 Å². The highest BCUT2D eigenvalue weighted by Gasteiger charge is 2.30. The maximum Gasteiger partial charge on any atom is 0.416 e. The van der Waals surface area contributed by atoms with Crippen LogP contribution in [0.5, 0.6) is 0 Å². The Labute approximate surface area is 179 Å². The predicted octanol–water partition coefficient (Wildman–Crippen LogP) is 4.64. The molecule has 0 saturated carbocycles. The summed E-state index contributed by atoms with van der Waals surface area (Å²) in [5, 5.41) is 8.55. The van der Waals surface area contributed by atoms with E-state index in [4.69, 9.17) is 0 Å². The van der Waals surface area contributed by atoms with Crippen LogP contribution >= 0.6 is 11.3 Å². The zero-order chi connectivity index (χ0) is 21.8. The minimum Gasteiger partial charge on any atom is -0.376 e. The fraction of sp³-hybridized carbons (Fsp3) is 0.0952. The standard InChI is InChI=1S/C21H16F3N5OS/c22-21(23,24)15-7-4-8-16(11-15)25-13-18(30)28-26-12-17-19(14-5-2-1-3-6-14)27-20-29(17)9-10-31-20/h1-12,25H,13H2,(H,28,30)/b26-12+. The molecule has 6 nitrogen and oxygen atoms in total. The van der Waals surface area contributed by atoms with Crippen LogP contribution in [0.15, 0.2) is 71.3 Å². The van der Waals surface area contributed by atoms with E-state index >= 15 is 0 Å². The van der Waals surface area contributed by atoms with Gasteiger partial charge < -0.3 is 5.32 Å². The molecule has 0 saturated heterocycles. The molecule has 0 aliphatic carbocycles. The summed E-state index contributed by atoms with van der Waals surface area (Å²) < 4.78 is 40.2. The topological polar surface area (TPSA) is 70.8 Å². The number of nitrogens with zero attached hydrogens (tertiary/aromatic N) is 3. The van der Waals surface area contributed by atoms with Gasteiger partial charge in [-0.15, -0.1) is 11.3 Å². The zero-order valence-electron chi connectivity index (χ0n) is 15.9. The number of halogens is 3. The molecule has 2 heterocycles. The molecule has 1 amide bonds. The monoisotopic (exact) mass is 443 g/mol. The SMILES string of the molecule is O=C(CNc1cccc(C(F)(F)F)c1)N/N=C/c1c(-c2ccccc2)nc2sccn12. The van der Waals surface area contributed by atoms with E-state index in [2.05, 4.69) is 20.8 Å². The van der Waals surface area contributed by atoms with E-state index in [0.717, 1.165) is 28.4 Å². The molecule has 2 N–H and O–H groups in total. The number of benzene rings is 2. The lowest BCUT2D eigenvalue weighted by molar-refractivity contribution is -0.137. The highest BCUT2D eigenvalue weighted by atomic mass is 32.1. The van der Waals surface area contributed by atoms with E-state index in [-0.39, 0.29) is 12.2 Å². The third-order valence-electron chi connectivity index (χ3n) is 4.37. The molecule has 0 bridgehead atoms. The van der Waals surface area contributed by atoms with Crippen LogP contribution in [0.25, 0.3) is 16.2 Å². The number of aromatic nitrogens is 2. The second-order valence-electron chi connectivity index (χ2n) is 6.49. The van der Waals surface area contributed by atoms with Crippen molar-refractivity contribution in [1.29, 1.82) is 0 Å². The number of carbonyl (C=O) groups is 1. The highest BCUT2D eigenvalue weighted by Crippen LogP contribution is 2.30. The molecule has 0 aliphatic heterocycles. The Morgan fingerprint density at radius 2 is 1.97 bits per heavy atom. The molecule has 2 aromatic carbocycles. The number of nitrogens with one attached hydrogen (secondary N) is 2. The van der Waals surface area contributed by atoms with Gasteiger partial charge >= 0.3 is 6.18 Å². The Bertz CT molecular complexity index is 1230. The lowest BCUT2D eigenvalue weighted by atomic mass is 10.1. The Morgan fingerprint density at radius 3 is 2.74 bits per heavy atom. The van der Waals surface area contributed by atoms with Crippen LogP contribution in [-0.2, 0) is 11.0 Å². The molecule has 31 heavy (non-hydrogen) atoms. The fourth-order valence-electron chi connectivity index (χ4n) is 2.93. The maximum atomic E-state index is 12.8. The summed E-state index contributed by atoms with van der Waals surface area (Å²) in [6.07, 6.45) is -1.09. The molecule has 4 aromatic rings. The van der Waals surface area contributed by atoms with Gasteiger partial charge in [-0.25, -0.2) is 10.4 Å². The average molecular weight is 443 g/mol. The van der Waals surface area contributed by atoms with Crippen molar-refractivity contribution < 1.29 is 18.0 Å². The molecular weight excluding hydrogens is 427 g/mol. The van der Waals surface area contributed by atoms with Gasteiger partial charge in [0.25, 0.3) is 5.91 Å². The minimum absolute atomic E-state index is 0.191. The van der Waals surface area contributed by atoms with Crippen LogP contribution in [0, 0.1) is 0 Å². The van der Waals surface area contributed by atoms with Crippen molar-refractivity contribution in [2.45, 2.75) is 6.18 Å². The quantitative estimate of drug-likeness (QED) is 0.337. The summed E-state index contributed by atoms with van der Waals surface area (Å²) in [6.45, 7) is -0.232. The van der Waals surface area contributed by atoms with Crippen molar-refractivity contribution >= 4 is 34.1 Å². The van der Waals surface area contributed by atoms with Crippen LogP contribution in [0.4, 0.5) is 18.9 Å². The maximum absolute atomic E-state index is 12.8. The molecule has 0 fully saturated rings. The van der Waals surface area contributed by atoms with Gasteiger partial charge in [-0.3, -0.25) is 9.20 Å². The number of amides is 1. The molecule has 2 aromatic heterocycles. The van der Waals surface area contributed by atoms with Gasteiger partial charge in [0, 0.05) is 22.8 Å². The Hall–Kier alpha value is -3.66. The number of imidazole rings is 1. The van der Waals surface area contributed by atoms with E-state index in [0.29, 0.717) is 5.69 Å². The number of hydrogen-bond donors (Lipinski definition) is 2. The molecule has 0 spiro atoms. The Balaban J connectivity index is 1.43. The van der Waals surface area contributed by atoms with Crippen molar-refractivity contribution in [3.63, 3.8) is 0 Å². The molecule has 0 atom stereocenters. The van der Waals surface area contributed by atoms with E-state index in [9.17, 15) is 18.0 Å². The molecule has 158 valence electrons. The second-order valence-corrected chi connectivity index (χ2v) is 7.37. The summed E-state index contributed by atoms with van der Waals surface area (Å²) >= 11 is 1.48. The number of hydrazone groups is 1. The molecule has 0 radical (unpaired) electrons. The lowest BCUT2D eigenvalue weighted by Gasteiger charge is -2.10. The van der Waals surface area contributed by atoms with Crippen molar-refractivity contribution in [3.8, 4) is 11.3 Å². The van der Waals surface area contributed by atoms with Gasteiger partial charge in [0.2, 0.25) is 0 Å². The van der Waals surface area contributed by atoms with Crippen LogP contribution in [0.2, 0.25) is 0 Å². The second kappa shape index (κ2) is 8.60. The molecule has 4 rings (SSSR count). The molecule has 0 aliphatic rings. The van der Waals surface area contributed by atoms with Crippen LogP contribution in [0.3, 0.4) is 0 Å². The first-order valence-corrected chi connectivity index (χ1v) is 10.0. The third kappa shape index (κ3) is 4.75. The number of thiazole rings is 1. The van der Waals surface area contributed by atoms with E-state index in [1.165, 1.54) is 29.7 Å². The van der Waals surface area contributed by atoms with Gasteiger partial charge in [0.1, 0.15) is 0 Å². The summed E-state index contributed by atoms with van der Waals surface area (Å²) in [5.41, 5.74) is 4.13. The largest absolute Gasteiger partial charge is 0.416 e. The lowest BCUT2D eigenvalue weighted by Crippen LogP contribution is -2.26. The minimum atomic E-state index is -4.45. The van der Waals surface area contributed by atoms with Gasteiger partial charge in [-0.05, 0) is 18.2 Å². The summed E-state index contributed by atoms with van der Waals surface area (Å²) in [5.74, 6) is -0.499. The molecule has 0 unspecified atom stereocenters. The van der Waals surface area contributed by atoms with Crippen molar-refractivity contribution in [2.24, 2.45) is 5.10 Å². The van der Waals surface area contributed by atoms with E-state index in [1.54, 1.807) is 0 Å². The third-order valence-corrected chi connectivity index (χ3v) is 5.12. The van der Waals surface area contributed by atoms with Crippen LogP contribution in [0.1, 0.15) is 11.3 Å². The van der Waals surface area contributed by atoms with E-state index < -0.39 is 17.6 Å². The first-order chi connectivity index (χ1) is 14.9. The highest BCUT2D eigenvalue weighted by molar-refractivity contribution is 7.15. The van der Waals surface area contributed by atoms with Gasteiger partial charge in [0.15, 0.2) is 4.96 Å². The number of rotatable bonds is 6.